The molecule has 0 amide bonds. The molecule has 0 aliphatic heterocycles. The van der Waals surface area contributed by atoms with Crippen molar-refractivity contribution in [3.63, 3.8) is 0 Å². The van der Waals surface area contributed by atoms with Crippen LogP contribution >= 0.6 is 39.1 Å². The summed E-state index contributed by atoms with van der Waals surface area (Å²) in [5.74, 6) is -0.161. The van der Waals surface area contributed by atoms with E-state index in [2.05, 4.69) is 15.9 Å². The fourth-order valence-electron chi connectivity index (χ4n) is 1.56. The number of rotatable bonds is 2. The molecule has 5 heteroatoms. The molecule has 18 heavy (non-hydrogen) atoms. The van der Waals surface area contributed by atoms with Gasteiger partial charge in [0.25, 0.3) is 0 Å². The molecule has 0 bridgehead atoms. The van der Waals surface area contributed by atoms with Crippen LogP contribution in [0.5, 0.6) is 0 Å². The number of hydrogen-bond donors (Lipinski definition) is 1. The van der Waals surface area contributed by atoms with Crippen molar-refractivity contribution in [2.24, 2.45) is 0 Å². The summed E-state index contributed by atoms with van der Waals surface area (Å²) in [6.07, 6.45) is 0. The summed E-state index contributed by atoms with van der Waals surface area (Å²) < 4.78 is 0.642. The minimum absolute atomic E-state index is 0.161. The lowest BCUT2D eigenvalue weighted by Gasteiger charge is -2.06. The van der Waals surface area contributed by atoms with Gasteiger partial charge in [-0.1, -0.05) is 23.2 Å². The first-order chi connectivity index (χ1) is 8.47. The van der Waals surface area contributed by atoms with Crippen LogP contribution in [0, 0.1) is 0 Å². The maximum absolute atomic E-state index is 12.3. The highest BCUT2D eigenvalue weighted by Crippen LogP contribution is 2.25. The topological polar surface area (TPSA) is 43.1 Å². The van der Waals surface area contributed by atoms with E-state index >= 15 is 0 Å². The number of halogens is 3. The molecule has 0 unspecified atom stereocenters. The summed E-state index contributed by atoms with van der Waals surface area (Å²) in [6, 6.07) is 9.76. The van der Waals surface area contributed by atoms with Gasteiger partial charge in [-0.2, -0.15) is 0 Å². The zero-order valence-corrected chi connectivity index (χ0v) is 12.2. The first-order valence-electron chi connectivity index (χ1n) is 5.03. The Morgan fingerprint density at radius 2 is 1.67 bits per heavy atom. The van der Waals surface area contributed by atoms with Crippen LogP contribution in [-0.4, -0.2) is 5.78 Å². The zero-order valence-electron chi connectivity index (χ0n) is 9.08. The first-order valence-corrected chi connectivity index (χ1v) is 6.58. The van der Waals surface area contributed by atoms with Crippen LogP contribution in [0.25, 0.3) is 0 Å². The summed E-state index contributed by atoms with van der Waals surface area (Å²) in [5.41, 5.74) is 7.18. The minimum Gasteiger partial charge on any atom is -0.399 e. The Labute approximate surface area is 123 Å². The number of anilines is 1. The summed E-state index contributed by atoms with van der Waals surface area (Å²) in [5, 5.41) is 0.856. The van der Waals surface area contributed by atoms with Gasteiger partial charge in [-0.25, -0.2) is 0 Å². The maximum Gasteiger partial charge on any atom is 0.194 e. The highest BCUT2D eigenvalue weighted by Gasteiger charge is 2.14. The van der Waals surface area contributed by atoms with Crippen molar-refractivity contribution in [1.29, 1.82) is 0 Å². The first kappa shape index (κ1) is 13.4. The predicted octanol–water partition coefficient (Wildman–Crippen LogP) is 4.57. The monoisotopic (exact) mass is 343 g/mol. The third kappa shape index (κ3) is 2.86. The molecule has 0 saturated carbocycles. The standard InChI is InChI=1S/C13H8BrCl2NO/c14-12-6-10(17)1-2-11(12)13(18)7-3-8(15)5-9(16)4-7/h1-6H,17H2. The van der Waals surface area contributed by atoms with Crippen LogP contribution < -0.4 is 5.73 Å². The second-order valence-corrected chi connectivity index (χ2v) is 5.45. The number of nitrogens with two attached hydrogens (primary N) is 1. The fourth-order valence-corrected chi connectivity index (χ4v) is 2.66. The van der Waals surface area contributed by atoms with Crippen LogP contribution in [0.15, 0.2) is 40.9 Å². The van der Waals surface area contributed by atoms with Crippen molar-refractivity contribution in [1.82, 2.24) is 0 Å². The molecule has 2 nitrogen and oxygen atoms in total. The van der Waals surface area contributed by atoms with Gasteiger partial charge in [0.2, 0.25) is 0 Å². The van der Waals surface area contributed by atoms with Crippen molar-refractivity contribution < 1.29 is 4.79 Å². The van der Waals surface area contributed by atoms with E-state index in [4.69, 9.17) is 28.9 Å². The van der Waals surface area contributed by atoms with E-state index in [1.807, 2.05) is 0 Å². The smallest absolute Gasteiger partial charge is 0.194 e. The van der Waals surface area contributed by atoms with Crippen LogP contribution in [0.3, 0.4) is 0 Å². The molecule has 2 aromatic rings. The van der Waals surface area contributed by atoms with Crippen molar-refractivity contribution in [3.8, 4) is 0 Å². The number of benzene rings is 2. The Hall–Kier alpha value is -1.03. The molecule has 0 aliphatic carbocycles. The van der Waals surface area contributed by atoms with Gasteiger partial charge in [0.05, 0.1) is 0 Å². The largest absolute Gasteiger partial charge is 0.399 e. The SMILES string of the molecule is Nc1ccc(C(=O)c2cc(Cl)cc(Cl)c2)c(Br)c1. The van der Waals surface area contributed by atoms with Gasteiger partial charge in [0.1, 0.15) is 0 Å². The highest BCUT2D eigenvalue weighted by molar-refractivity contribution is 9.10. The summed E-state index contributed by atoms with van der Waals surface area (Å²) in [7, 11) is 0. The Balaban J connectivity index is 2.47. The van der Waals surface area contributed by atoms with Crippen LogP contribution in [0.1, 0.15) is 15.9 Å². The van der Waals surface area contributed by atoms with Crippen LogP contribution in [0.2, 0.25) is 10.0 Å². The number of carbonyl (C=O) groups excluding carboxylic acids is 1. The molecule has 0 radical (unpaired) electrons. The lowest BCUT2D eigenvalue weighted by molar-refractivity contribution is 0.103. The van der Waals surface area contributed by atoms with E-state index in [-0.39, 0.29) is 5.78 Å². The van der Waals surface area contributed by atoms with Gasteiger partial charge < -0.3 is 5.73 Å². The molecule has 0 aromatic heterocycles. The number of nitrogen functional groups attached to an aromatic ring is 1. The lowest BCUT2D eigenvalue weighted by Crippen LogP contribution is -2.03. The molecule has 2 N–H and O–H groups in total. The normalized spacial score (nSPS) is 10.4. The fraction of sp³-hybridized carbons (Fsp3) is 0. The van der Waals surface area contributed by atoms with E-state index < -0.39 is 0 Å². The number of carbonyl (C=O) groups is 1. The molecular weight excluding hydrogens is 337 g/mol. The van der Waals surface area contributed by atoms with E-state index in [0.717, 1.165) is 0 Å². The number of ketones is 1. The Morgan fingerprint density at radius 3 is 2.22 bits per heavy atom. The van der Waals surface area contributed by atoms with Gasteiger partial charge in [0, 0.05) is 31.3 Å². The third-order valence-electron chi connectivity index (χ3n) is 2.36. The third-order valence-corrected chi connectivity index (χ3v) is 3.46. The predicted molar refractivity (Wildman–Crippen MR) is 78.4 cm³/mol. The molecule has 0 saturated heterocycles. The van der Waals surface area contributed by atoms with Crippen molar-refractivity contribution >= 4 is 50.6 Å². The second-order valence-electron chi connectivity index (χ2n) is 3.73. The van der Waals surface area contributed by atoms with Crippen molar-refractivity contribution in [2.45, 2.75) is 0 Å². The second kappa shape index (κ2) is 5.31. The molecule has 0 fully saturated rings. The average Bonchev–Trinajstić information content (AvgIpc) is 2.26. The molecule has 0 spiro atoms. The van der Waals surface area contributed by atoms with Gasteiger partial charge in [-0.3, -0.25) is 4.79 Å². The minimum atomic E-state index is -0.161. The lowest BCUT2D eigenvalue weighted by atomic mass is 10.0. The van der Waals surface area contributed by atoms with E-state index in [1.165, 1.54) is 0 Å². The average molecular weight is 345 g/mol. The molecule has 0 atom stereocenters. The number of hydrogen-bond acceptors (Lipinski definition) is 2. The highest BCUT2D eigenvalue weighted by atomic mass is 79.9. The molecular formula is C13H8BrCl2NO. The summed E-state index contributed by atoms with van der Waals surface area (Å²) in [4.78, 5) is 12.3. The quantitative estimate of drug-likeness (QED) is 0.640. The Bertz CT molecular complexity index is 608. The Morgan fingerprint density at radius 1 is 1.06 bits per heavy atom. The molecule has 2 rings (SSSR count). The summed E-state index contributed by atoms with van der Waals surface area (Å²) in [6.45, 7) is 0. The van der Waals surface area contributed by atoms with Gasteiger partial charge in [-0.15, -0.1) is 0 Å². The van der Waals surface area contributed by atoms with Gasteiger partial charge in [-0.05, 0) is 52.3 Å². The van der Waals surface area contributed by atoms with Crippen LogP contribution in [-0.2, 0) is 0 Å². The maximum atomic E-state index is 12.3. The van der Waals surface area contributed by atoms with Gasteiger partial charge in [0.15, 0.2) is 5.78 Å². The molecule has 2 aromatic carbocycles. The zero-order chi connectivity index (χ0) is 13.3. The van der Waals surface area contributed by atoms with E-state index in [0.29, 0.717) is 31.3 Å². The molecule has 0 aliphatic rings. The van der Waals surface area contributed by atoms with Crippen molar-refractivity contribution in [2.75, 3.05) is 5.73 Å². The van der Waals surface area contributed by atoms with Gasteiger partial charge >= 0.3 is 0 Å². The summed E-state index contributed by atoms with van der Waals surface area (Å²) >= 11 is 15.1. The van der Waals surface area contributed by atoms with Crippen molar-refractivity contribution in [3.05, 3.63) is 62.0 Å². The van der Waals surface area contributed by atoms with E-state index in [1.54, 1.807) is 36.4 Å². The molecule has 0 heterocycles. The molecule has 92 valence electrons. The Kier molecular flexibility index (Phi) is 3.95. The van der Waals surface area contributed by atoms with E-state index in [9.17, 15) is 4.79 Å². The van der Waals surface area contributed by atoms with Crippen LogP contribution in [0.4, 0.5) is 5.69 Å².